The number of hydrogen-bond donors (Lipinski definition) is 2. The summed E-state index contributed by atoms with van der Waals surface area (Å²) in [6, 6.07) is 0.760. The second-order valence-electron chi connectivity index (χ2n) is 3.70. The number of aromatic nitrogens is 1. The molecule has 1 heterocycles. The minimum atomic E-state index is 0.676. The fourth-order valence-electron chi connectivity index (χ4n) is 1.43. The van der Waals surface area contributed by atoms with Gasteiger partial charge in [0.2, 0.25) is 0 Å². The quantitative estimate of drug-likeness (QED) is 0.764. The van der Waals surface area contributed by atoms with E-state index in [1.807, 2.05) is 5.38 Å². The summed E-state index contributed by atoms with van der Waals surface area (Å²) in [4.78, 5) is 4.20. The first-order valence-electron chi connectivity index (χ1n) is 4.69. The molecule has 0 radical (unpaired) electrons. The normalized spacial score (nSPS) is 26.2. The molecule has 0 saturated heterocycles. The summed E-state index contributed by atoms with van der Waals surface area (Å²) in [6.07, 6.45) is 2.33. The molecule has 0 aromatic carbocycles. The molecule has 1 aliphatic rings. The lowest BCUT2D eigenvalue weighted by molar-refractivity contribution is 0.646. The van der Waals surface area contributed by atoms with Gasteiger partial charge in [0, 0.05) is 24.4 Å². The van der Waals surface area contributed by atoms with Crippen LogP contribution in [0.5, 0.6) is 0 Å². The zero-order chi connectivity index (χ0) is 9.26. The number of nitrogens with one attached hydrogen (secondary N) is 1. The average Bonchev–Trinajstić information content (AvgIpc) is 2.60. The fraction of sp³-hybridized carbons (Fsp3) is 0.667. The second kappa shape index (κ2) is 3.64. The molecule has 0 amide bonds. The van der Waals surface area contributed by atoms with Crippen LogP contribution in [0.25, 0.3) is 0 Å². The number of hydrogen-bond acceptors (Lipinski definition) is 4. The van der Waals surface area contributed by atoms with Gasteiger partial charge in [-0.05, 0) is 12.3 Å². The SMILES string of the molecule is CC1CC1NCCc1csc(N)n1. The highest BCUT2D eigenvalue weighted by molar-refractivity contribution is 7.13. The van der Waals surface area contributed by atoms with Gasteiger partial charge in [-0.25, -0.2) is 4.98 Å². The highest BCUT2D eigenvalue weighted by Gasteiger charge is 2.31. The molecule has 0 aliphatic heterocycles. The van der Waals surface area contributed by atoms with Gasteiger partial charge >= 0.3 is 0 Å². The van der Waals surface area contributed by atoms with E-state index in [2.05, 4.69) is 17.2 Å². The predicted octanol–water partition coefficient (Wildman–Crippen LogP) is 1.27. The van der Waals surface area contributed by atoms with Crippen LogP contribution < -0.4 is 11.1 Å². The van der Waals surface area contributed by atoms with Gasteiger partial charge in [0.1, 0.15) is 0 Å². The third-order valence-electron chi connectivity index (χ3n) is 2.47. The molecule has 1 aliphatic carbocycles. The first-order chi connectivity index (χ1) is 6.25. The number of thiazole rings is 1. The highest BCUT2D eigenvalue weighted by Crippen LogP contribution is 2.28. The van der Waals surface area contributed by atoms with Gasteiger partial charge in [-0.3, -0.25) is 0 Å². The van der Waals surface area contributed by atoms with Gasteiger partial charge in [-0.2, -0.15) is 0 Å². The molecular formula is C9H15N3S. The van der Waals surface area contributed by atoms with Gasteiger partial charge < -0.3 is 11.1 Å². The molecule has 4 heteroatoms. The zero-order valence-corrected chi connectivity index (χ0v) is 8.60. The topological polar surface area (TPSA) is 50.9 Å². The number of nitrogen functional groups attached to an aromatic ring is 1. The van der Waals surface area contributed by atoms with E-state index in [9.17, 15) is 0 Å². The Balaban J connectivity index is 1.68. The molecule has 2 unspecified atom stereocenters. The first-order valence-corrected chi connectivity index (χ1v) is 5.57. The van der Waals surface area contributed by atoms with Crippen LogP contribution in [0.2, 0.25) is 0 Å². The van der Waals surface area contributed by atoms with Gasteiger partial charge in [0.15, 0.2) is 5.13 Å². The first kappa shape index (κ1) is 8.97. The Morgan fingerprint density at radius 1 is 1.77 bits per heavy atom. The van der Waals surface area contributed by atoms with E-state index in [1.165, 1.54) is 17.8 Å². The summed E-state index contributed by atoms with van der Waals surface area (Å²) in [7, 11) is 0. The Labute approximate surface area is 82.4 Å². The van der Waals surface area contributed by atoms with E-state index < -0.39 is 0 Å². The summed E-state index contributed by atoms with van der Waals surface area (Å²) >= 11 is 1.52. The van der Waals surface area contributed by atoms with Crippen LogP contribution in [0.3, 0.4) is 0 Å². The Bertz CT molecular complexity index is 284. The monoisotopic (exact) mass is 197 g/mol. The maximum absolute atomic E-state index is 5.53. The van der Waals surface area contributed by atoms with Crippen molar-refractivity contribution in [1.82, 2.24) is 10.3 Å². The third kappa shape index (κ3) is 2.42. The molecule has 3 N–H and O–H groups in total. The molecule has 0 bridgehead atoms. The van der Waals surface area contributed by atoms with E-state index in [0.29, 0.717) is 5.13 Å². The molecule has 3 nitrogen and oxygen atoms in total. The summed E-state index contributed by atoms with van der Waals surface area (Å²) < 4.78 is 0. The summed E-state index contributed by atoms with van der Waals surface area (Å²) in [5.74, 6) is 0.875. The van der Waals surface area contributed by atoms with Crippen molar-refractivity contribution >= 4 is 16.5 Å². The minimum absolute atomic E-state index is 0.676. The highest BCUT2D eigenvalue weighted by atomic mass is 32.1. The van der Waals surface area contributed by atoms with Crippen LogP contribution in [-0.2, 0) is 6.42 Å². The lowest BCUT2D eigenvalue weighted by Gasteiger charge is -1.99. The molecule has 1 aromatic heterocycles. The molecule has 1 fully saturated rings. The zero-order valence-electron chi connectivity index (χ0n) is 7.79. The molecule has 72 valence electrons. The smallest absolute Gasteiger partial charge is 0.180 e. The van der Waals surface area contributed by atoms with Gasteiger partial charge in [-0.1, -0.05) is 6.92 Å². The van der Waals surface area contributed by atoms with E-state index >= 15 is 0 Å². The fourth-order valence-corrected chi connectivity index (χ4v) is 2.03. The number of nitrogens with zero attached hydrogens (tertiary/aromatic N) is 1. The number of anilines is 1. The van der Waals surface area contributed by atoms with Gasteiger partial charge in [0.05, 0.1) is 5.69 Å². The molecule has 0 spiro atoms. The molecule has 2 rings (SSSR count). The molecule has 1 saturated carbocycles. The van der Waals surface area contributed by atoms with E-state index in [-0.39, 0.29) is 0 Å². The third-order valence-corrected chi connectivity index (χ3v) is 3.19. The Kier molecular flexibility index (Phi) is 2.51. The predicted molar refractivity (Wildman–Crippen MR) is 55.8 cm³/mol. The molecular weight excluding hydrogens is 182 g/mol. The van der Waals surface area contributed by atoms with Crippen LogP contribution in [0.15, 0.2) is 5.38 Å². The van der Waals surface area contributed by atoms with E-state index in [0.717, 1.165) is 30.6 Å². The van der Waals surface area contributed by atoms with Crippen molar-refractivity contribution in [1.29, 1.82) is 0 Å². The standard InChI is InChI=1S/C9H15N3S/c1-6-4-8(6)11-3-2-7-5-13-9(10)12-7/h5-6,8,11H,2-4H2,1H3,(H2,10,12). The Hall–Kier alpha value is -0.610. The van der Waals surface area contributed by atoms with Crippen molar-refractivity contribution in [2.75, 3.05) is 12.3 Å². The molecule has 2 atom stereocenters. The van der Waals surface area contributed by atoms with Crippen LogP contribution in [0.4, 0.5) is 5.13 Å². The Morgan fingerprint density at radius 3 is 3.08 bits per heavy atom. The number of rotatable bonds is 4. The lowest BCUT2D eigenvalue weighted by Crippen LogP contribution is -2.20. The minimum Gasteiger partial charge on any atom is -0.375 e. The second-order valence-corrected chi connectivity index (χ2v) is 4.59. The van der Waals surface area contributed by atoms with Gasteiger partial charge in [0.25, 0.3) is 0 Å². The van der Waals surface area contributed by atoms with Crippen LogP contribution >= 0.6 is 11.3 Å². The van der Waals surface area contributed by atoms with Crippen molar-refractivity contribution in [2.24, 2.45) is 5.92 Å². The maximum atomic E-state index is 5.53. The lowest BCUT2D eigenvalue weighted by atomic mass is 10.3. The largest absolute Gasteiger partial charge is 0.375 e. The van der Waals surface area contributed by atoms with Gasteiger partial charge in [-0.15, -0.1) is 11.3 Å². The summed E-state index contributed by atoms with van der Waals surface area (Å²) in [6.45, 7) is 3.30. The van der Waals surface area contributed by atoms with E-state index in [1.54, 1.807) is 0 Å². The van der Waals surface area contributed by atoms with Crippen molar-refractivity contribution in [3.05, 3.63) is 11.1 Å². The van der Waals surface area contributed by atoms with E-state index in [4.69, 9.17) is 5.73 Å². The van der Waals surface area contributed by atoms with Crippen molar-refractivity contribution in [3.63, 3.8) is 0 Å². The molecule has 1 aromatic rings. The van der Waals surface area contributed by atoms with Crippen molar-refractivity contribution in [2.45, 2.75) is 25.8 Å². The molecule has 13 heavy (non-hydrogen) atoms. The van der Waals surface area contributed by atoms with Crippen LogP contribution in [0, 0.1) is 5.92 Å². The van der Waals surface area contributed by atoms with Crippen LogP contribution in [0.1, 0.15) is 19.0 Å². The Morgan fingerprint density at radius 2 is 2.54 bits per heavy atom. The van der Waals surface area contributed by atoms with Crippen molar-refractivity contribution in [3.8, 4) is 0 Å². The summed E-state index contributed by atoms with van der Waals surface area (Å²) in [5, 5.41) is 6.20. The maximum Gasteiger partial charge on any atom is 0.180 e. The average molecular weight is 197 g/mol. The van der Waals surface area contributed by atoms with Crippen molar-refractivity contribution < 1.29 is 0 Å². The van der Waals surface area contributed by atoms with Crippen LogP contribution in [-0.4, -0.2) is 17.6 Å². The number of nitrogens with two attached hydrogens (primary N) is 1. The summed E-state index contributed by atoms with van der Waals surface area (Å²) in [5.41, 5.74) is 6.65.